The molecule has 0 saturated heterocycles. The largest absolute Gasteiger partial charge is 0.497 e. The Hall–Kier alpha value is -3.81. The maximum Gasteiger partial charge on any atom is 0.258 e. The Balaban J connectivity index is 1.44. The van der Waals surface area contributed by atoms with Gasteiger partial charge in [-0.05, 0) is 49.7 Å². The van der Waals surface area contributed by atoms with Gasteiger partial charge in [-0.25, -0.2) is 4.98 Å². The number of amides is 1. The van der Waals surface area contributed by atoms with Crippen molar-refractivity contribution in [2.75, 3.05) is 37.4 Å². The standard InChI is InChI=1S/C23H27N5O3/c1-16-6-4-5-7-20(16)31-15-22(29)24-12-13-25-23-26-17(2)14-21(28-23)27-18-8-10-19(30-3)11-9-18/h4-11,14H,12-13,15H2,1-3H3,(H,24,29)(H2,25,26,27,28). The number of rotatable bonds is 10. The van der Waals surface area contributed by atoms with E-state index in [2.05, 4.69) is 25.9 Å². The molecule has 8 nitrogen and oxygen atoms in total. The third-order valence-corrected chi connectivity index (χ3v) is 4.40. The van der Waals surface area contributed by atoms with Crippen LogP contribution >= 0.6 is 0 Å². The van der Waals surface area contributed by atoms with Crippen molar-refractivity contribution in [1.29, 1.82) is 0 Å². The molecule has 0 saturated carbocycles. The number of aromatic nitrogens is 2. The lowest BCUT2D eigenvalue weighted by Crippen LogP contribution is -2.33. The summed E-state index contributed by atoms with van der Waals surface area (Å²) in [6, 6.07) is 17.0. The number of aryl methyl sites for hydroxylation is 2. The first-order chi connectivity index (χ1) is 15.0. The molecule has 3 N–H and O–H groups in total. The van der Waals surface area contributed by atoms with E-state index in [4.69, 9.17) is 9.47 Å². The van der Waals surface area contributed by atoms with Gasteiger partial charge in [0.25, 0.3) is 5.91 Å². The van der Waals surface area contributed by atoms with Gasteiger partial charge in [-0.2, -0.15) is 4.98 Å². The Morgan fingerprint density at radius 1 is 1.00 bits per heavy atom. The molecule has 8 heteroatoms. The zero-order valence-corrected chi connectivity index (χ0v) is 17.9. The van der Waals surface area contributed by atoms with Gasteiger partial charge >= 0.3 is 0 Å². The Morgan fingerprint density at radius 3 is 2.52 bits per heavy atom. The number of methoxy groups -OCH3 is 1. The molecule has 1 heterocycles. The molecule has 0 radical (unpaired) electrons. The van der Waals surface area contributed by atoms with E-state index in [0.29, 0.717) is 30.6 Å². The average Bonchev–Trinajstić information content (AvgIpc) is 2.76. The van der Waals surface area contributed by atoms with Crippen LogP contribution in [0.3, 0.4) is 0 Å². The van der Waals surface area contributed by atoms with Crippen LogP contribution in [0.25, 0.3) is 0 Å². The van der Waals surface area contributed by atoms with E-state index in [0.717, 1.165) is 22.7 Å². The van der Waals surface area contributed by atoms with Gasteiger partial charge < -0.3 is 25.4 Å². The first-order valence-corrected chi connectivity index (χ1v) is 9.99. The number of hydrogen-bond donors (Lipinski definition) is 3. The van der Waals surface area contributed by atoms with Gasteiger partial charge in [0.2, 0.25) is 5.95 Å². The van der Waals surface area contributed by atoms with E-state index in [1.165, 1.54) is 0 Å². The number of anilines is 3. The predicted octanol–water partition coefficient (Wildman–Crippen LogP) is 3.45. The second-order valence-electron chi connectivity index (χ2n) is 6.90. The molecule has 0 spiro atoms. The molecule has 2 aromatic carbocycles. The van der Waals surface area contributed by atoms with E-state index in [9.17, 15) is 4.79 Å². The van der Waals surface area contributed by atoms with E-state index in [-0.39, 0.29) is 12.5 Å². The van der Waals surface area contributed by atoms with Crippen molar-refractivity contribution >= 4 is 23.4 Å². The van der Waals surface area contributed by atoms with E-state index >= 15 is 0 Å². The van der Waals surface area contributed by atoms with Crippen molar-refractivity contribution in [2.24, 2.45) is 0 Å². The minimum absolute atomic E-state index is 0.0261. The molecule has 3 rings (SSSR count). The van der Waals surface area contributed by atoms with Crippen LogP contribution in [0.1, 0.15) is 11.3 Å². The van der Waals surface area contributed by atoms with Gasteiger partial charge in [0.15, 0.2) is 6.61 Å². The van der Waals surface area contributed by atoms with Crippen LogP contribution < -0.4 is 25.4 Å². The average molecular weight is 422 g/mol. The number of benzene rings is 2. The van der Waals surface area contributed by atoms with E-state index in [1.807, 2.05) is 68.4 Å². The molecule has 0 aliphatic rings. The summed E-state index contributed by atoms with van der Waals surface area (Å²) in [6.07, 6.45) is 0. The van der Waals surface area contributed by atoms with Crippen molar-refractivity contribution in [1.82, 2.24) is 15.3 Å². The zero-order chi connectivity index (χ0) is 22.1. The molecule has 0 fully saturated rings. The van der Waals surface area contributed by atoms with Gasteiger partial charge in [-0.3, -0.25) is 4.79 Å². The van der Waals surface area contributed by atoms with Gasteiger partial charge in [0.05, 0.1) is 7.11 Å². The Labute approximate surface area is 182 Å². The Kier molecular flexibility index (Phi) is 7.64. The summed E-state index contributed by atoms with van der Waals surface area (Å²) in [6.45, 7) is 4.73. The van der Waals surface area contributed by atoms with Crippen LogP contribution in [0.2, 0.25) is 0 Å². The van der Waals surface area contributed by atoms with Gasteiger partial charge in [0.1, 0.15) is 17.3 Å². The van der Waals surface area contributed by atoms with Crippen LogP contribution in [0, 0.1) is 13.8 Å². The highest BCUT2D eigenvalue weighted by atomic mass is 16.5. The molecule has 31 heavy (non-hydrogen) atoms. The van der Waals surface area contributed by atoms with Gasteiger partial charge in [0, 0.05) is 30.5 Å². The van der Waals surface area contributed by atoms with Crippen LogP contribution in [0.5, 0.6) is 11.5 Å². The number of carbonyl (C=O) groups excluding carboxylic acids is 1. The summed E-state index contributed by atoms with van der Waals surface area (Å²) in [5.41, 5.74) is 2.71. The number of carbonyl (C=O) groups is 1. The molecule has 0 aliphatic carbocycles. The van der Waals surface area contributed by atoms with Gasteiger partial charge in [-0.15, -0.1) is 0 Å². The molecule has 0 unspecified atom stereocenters. The van der Waals surface area contributed by atoms with Gasteiger partial charge in [-0.1, -0.05) is 18.2 Å². The number of nitrogens with zero attached hydrogens (tertiary/aromatic N) is 2. The highest BCUT2D eigenvalue weighted by Gasteiger charge is 2.06. The van der Waals surface area contributed by atoms with Crippen molar-refractivity contribution in [2.45, 2.75) is 13.8 Å². The van der Waals surface area contributed by atoms with E-state index < -0.39 is 0 Å². The molecule has 162 valence electrons. The summed E-state index contributed by atoms with van der Waals surface area (Å²) in [5, 5.41) is 9.19. The minimum Gasteiger partial charge on any atom is -0.497 e. The summed E-state index contributed by atoms with van der Waals surface area (Å²) in [4.78, 5) is 20.8. The fourth-order valence-corrected chi connectivity index (χ4v) is 2.82. The van der Waals surface area contributed by atoms with Crippen LogP contribution in [-0.2, 0) is 4.79 Å². The number of nitrogens with one attached hydrogen (secondary N) is 3. The smallest absolute Gasteiger partial charge is 0.258 e. The van der Waals surface area contributed by atoms with Crippen LogP contribution in [-0.4, -0.2) is 42.7 Å². The van der Waals surface area contributed by atoms with Crippen molar-refractivity contribution < 1.29 is 14.3 Å². The first-order valence-electron chi connectivity index (χ1n) is 9.99. The normalized spacial score (nSPS) is 10.3. The zero-order valence-electron chi connectivity index (χ0n) is 17.9. The van der Waals surface area contributed by atoms with Crippen LogP contribution in [0.4, 0.5) is 17.5 Å². The predicted molar refractivity (Wildman–Crippen MR) is 121 cm³/mol. The van der Waals surface area contributed by atoms with Crippen molar-refractivity contribution in [3.8, 4) is 11.5 Å². The maximum absolute atomic E-state index is 12.0. The maximum atomic E-state index is 12.0. The summed E-state index contributed by atoms with van der Waals surface area (Å²) < 4.78 is 10.7. The first kappa shape index (κ1) is 21.9. The molecule has 0 atom stereocenters. The molecule has 0 bridgehead atoms. The molecule has 1 amide bonds. The fourth-order valence-electron chi connectivity index (χ4n) is 2.82. The SMILES string of the molecule is COc1ccc(Nc2cc(C)nc(NCCNC(=O)COc3ccccc3C)n2)cc1. The molecule has 3 aromatic rings. The fraction of sp³-hybridized carbons (Fsp3) is 0.261. The lowest BCUT2D eigenvalue weighted by molar-refractivity contribution is -0.123. The summed E-state index contributed by atoms with van der Waals surface area (Å²) >= 11 is 0. The third kappa shape index (κ3) is 6.88. The Bertz CT molecular complexity index is 1010. The molecule has 0 aliphatic heterocycles. The summed E-state index contributed by atoms with van der Waals surface area (Å²) in [7, 11) is 1.63. The molecular formula is C23H27N5O3. The third-order valence-electron chi connectivity index (χ3n) is 4.40. The highest BCUT2D eigenvalue weighted by Crippen LogP contribution is 2.20. The topological polar surface area (TPSA) is 97.4 Å². The molecular weight excluding hydrogens is 394 g/mol. The lowest BCUT2D eigenvalue weighted by Gasteiger charge is -2.11. The number of para-hydroxylation sites is 1. The quantitative estimate of drug-likeness (QED) is 0.431. The van der Waals surface area contributed by atoms with Crippen LogP contribution in [0.15, 0.2) is 54.6 Å². The molecule has 1 aromatic heterocycles. The number of ether oxygens (including phenoxy) is 2. The second kappa shape index (κ2) is 10.8. The summed E-state index contributed by atoms with van der Waals surface area (Å²) in [5.74, 6) is 2.48. The monoisotopic (exact) mass is 421 g/mol. The van der Waals surface area contributed by atoms with E-state index in [1.54, 1.807) is 7.11 Å². The lowest BCUT2D eigenvalue weighted by atomic mass is 10.2. The van der Waals surface area contributed by atoms with Crippen molar-refractivity contribution in [3.05, 3.63) is 65.9 Å². The number of hydrogen-bond acceptors (Lipinski definition) is 7. The highest BCUT2D eigenvalue weighted by molar-refractivity contribution is 5.77. The second-order valence-corrected chi connectivity index (χ2v) is 6.90. The Morgan fingerprint density at radius 2 is 1.77 bits per heavy atom. The van der Waals surface area contributed by atoms with Crippen molar-refractivity contribution in [3.63, 3.8) is 0 Å². The minimum atomic E-state index is -0.183.